The van der Waals surface area contributed by atoms with Crippen molar-refractivity contribution in [1.82, 2.24) is 0 Å². The lowest BCUT2D eigenvalue weighted by Gasteiger charge is -2.28. The topological polar surface area (TPSA) is 142 Å². The van der Waals surface area contributed by atoms with Crippen LogP contribution >= 0.6 is 0 Å². The van der Waals surface area contributed by atoms with Crippen molar-refractivity contribution in [2.45, 2.75) is 85.1 Å². The smallest absolute Gasteiger partial charge is 0.321 e. The van der Waals surface area contributed by atoms with Gasteiger partial charge in [0.2, 0.25) is 0 Å². The third-order valence-electron chi connectivity index (χ3n) is 5.71. The molecule has 0 aliphatic heterocycles. The van der Waals surface area contributed by atoms with Crippen LogP contribution in [0, 0.1) is 11.8 Å². The van der Waals surface area contributed by atoms with Gasteiger partial charge in [0.25, 0.3) is 0 Å². The fourth-order valence-electron chi connectivity index (χ4n) is 3.51. The molecule has 3 unspecified atom stereocenters. The quantitative estimate of drug-likeness (QED) is 0.271. The Balaban J connectivity index is 3.27. The van der Waals surface area contributed by atoms with Gasteiger partial charge in [0, 0.05) is 25.2 Å². The summed E-state index contributed by atoms with van der Waals surface area (Å²) in [4.78, 5) is 48.2. The summed E-state index contributed by atoms with van der Waals surface area (Å²) in [6, 6.07) is 3.19. The number of hydrogen-bond acceptors (Lipinski definition) is 8. The Morgan fingerprint density at radius 1 is 0.914 bits per heavy atom. The van der Waals surface area contributed by atoms with E-state index < -0.39 is 35.8 Å². The normalized spacial score (nSPS) is 14.3. The fraction of sp³-hybridized carbons (Fsp3) is 0.615. The van der Waals surface area contributed by atoms with Crippen LogP contribution in [0.1, 0.15) is 84.6 Å². The first-order chi connectivity index (χ1) is 16.5. The molecule has 9 heteroatoms. The zero-order valence-electron chi connectivity index (χ0n) is 21.4. The molecular weight excluding hydrogens is 454 g/mol. The van der Waals surface area contributed by atoms with Crippen LogP contribution in [-0.4, -0.2) is 41.6 Å². The second-order valence-electron chi connectivity index (χ2n) is 8.92. The summed E-state index contributed by atoms with van der Waals surface area (Å²) in [7, 11) is 0. The molecule has 0 aliphatic rings. The maximum Gasteiger partial charge on any atom is 0.321 e. The van der Waals surface area contributed by atoms with Crippen molar-refractivity contribution in [2.24, 2.45) is 17.6 Å². The molecule has 0 saturated heterocycles. The fourth-order valence-corrected chi connectivity index (χ4v) is 3.51. The predicted molar refractivity (Wildman–Crippen MR) is 130 cm³/mol. The minimum Gasteiger partial charge on any atom is -0.480 e. The van der Waals surface area contributed by atoms with Crippen molar-refractivity contribution in [3.8, 4) is 11.5 Å². The van der Waals surface area contributed by atoms with E-state index in [0.29, 0.717) is 18.4 Å². The van der Waals surface area contributed by atoms with Crippen LogP contribution in [-0.2, 0) is 23.9 Å². The Morgan fingerprint density at radius 2 is 1.49 bits per heavy atom. The number of benzene rings is 1. The molecule has 4 atom stereocenters. The van der Waals surface area contributed by atoms with Crippen molar-refractivity contribution < 1.29 is 38.5 Å². The lowest BCUT2D eigenvalue weighted by Crippen LogP contribution is -2.40. The van der Waals surface area contributed by atoms with E-state index in [2.05, 4.69) is 0 Å². The maximum atomic E-state index is 12.2. The second kappa shape index (κ2) is 15.1. The maximum absolute atomic E-state index is 12.2. The molecule has 1 aromatic carbocycles. The summed E-state index contributed by atoms with van der Waals surface area (Å²) in [5, 5.41) is 9.62. The summed E-state index contributed by atoms with van der Waals surface area (Å²) >= 11 is 0. The highest BCUT2D eigenvalue weighted by Crippen LogP contribution is 2.36. The number of esters is 3. The van der Waals surface area contributed by atoms with Crippen molar-refractivity contribution in [3.05, 3.63) is 23.8 Å². The molecule has 0 bridgehead atoms. The lowest BCUT2D eigenvalue weighted by molar-refractivity contribution is -0.146. The van der Waals surface area contributed by atoms with E-state index in [1.165, 1.54) is 12.1 Å². The van der Waals surface area contributed by atoms with E-state index in [1.807, 2.05) is 27.7 Å². The monoisotopic (exact) mass is 493 g/mol. The van der Waals surface area contributed by atoms with E-state index in [1.54, 1.807) is 13.0 Å². The van der Waals surface area contributed by atoms with Crippen LogP contribution in [0.5, 0.6) is 11.5 Å². The molecule has 9 nitrogen and oxygen atoms in total. The molecule has 35 heavy (non-hydrogen) atoms. The van der Waals surface area contributed by atoms with Gasteiger partial charge in [-0.15, -0.1) is 0 Å². The Hall–Kier alpha value is -2.94. The first-order valence-corrected chi connectivity index (χ1v) is 12.2. The van der Waals surface area contributed by atoms with Crippen molar-refractivity contribution in [3.63, 3.8) is 0 Å². The molecule has 1 rings (SSSR count). The molecule has 1 aromatic rings. The van der Waals surface area contributed by atoms with Crippen molar-refractivity contribution in [1.29, 1.82) is 0 Å². The summed E-state index contributed by atoms with van der Waals surface area (Å²) in [5.74, 6) is -3.56. The number of ether oxygens (including phenoxy) is 3. The van der Waals surface area contributed by atoms with Gasteiger partial charge in [0.15, 0.2) is 11.5 Å². The van der Waals surface area contributed by atoms with Crippen LogP contribution in [0.2, 0.25) is 0 Å². The van der Waals surface area contributed by atoms with Gasteiger partial charge in [-0.25, -0.2) is 0 Å². The number of hydrogen-bond donors (Lipinski definition) is 2. The zero-order valence-corrected chi connectivity index (χ0v) is 21.4. The minimum absolute atomic E-state index is 0.00829. The number of carbonyl (C=O) groups excluding carboxylic acids is 3. The molecule has 0 aliphatic carbocycles. The number of carbonyl (C=O) groups is 4. The molecule has 0 heterocycles. The second-order valence-corrected chi connectivity index (χ2v) is 8.92. The van der Waals surface area contributed by atoms with Crippen molar-refractivity contribution in [2.75, 3.05) is 6.61 Å². The summed E-state index contributed by atoms with van der Waals surface area (Å²) in [6.07, 6.45) is 2.61. The van der Waals surface area contributed by atoms with E-state index in [4.69, 9.17) is 19.9 Å². The van der Waals surface area contributed by atoms with Gasteiger partial charge < -0.3 is 25.1 Å². The van der Waals surface area contributed by atoms with Gasteiger partial charge in [0.05, 0.1) is 6.61 Å². The highest BCUT2D eigenvalue weighted by Gasteiger charge is 2.32. The first-order valence-electron chi connectivity index (χ1n) is 12.2. The SMILES string of the molecule is CCCC(=O)Oc1ccc(C(C(C)COC(=O)CC(C)CC)[C@H](N)C(=O)O)cc1OC(=O)CCC. The van der Waals surface area contributed by atoms with Crippen LogP contribution in [0.4, 0.5) is 0 Å². The molecule has 0 amide bonds. The molecule has 0 spiro atoms. The predicted octanol–water partition coefficient (Wildman–Crippen LogP) is 4.21. The van der Waals surface area contributed by atoms with E-state index in [9.17, 15) is 24.3 Å². The number of rotatable bonds is 15. The molecular formula is C26H39NO8. The number of carboxylic acids is 1. The van der Waals surface area contributed by atoms with Gasteiger partial charge in [-0.05, 0) is 42.4 Å². The highest BCUT2D eigenvalue weighted by atomic mass is 16.6. The average molecular weight is 494 g/mol. The number of nitrogens with two attached hydrogens (primary N) is 1. The lowest BCUT2D eigenvalue weighted by atomic mass is 9.82. The average Bonchev–Trinajstić information content (AvgIpc) is 2.79. The summed E-state index contributed by atoms with van der Waals surface area (Å²) < 4.78 is 16.2. The molecule has 0 radical (unpaired) electrons. The van der Waals surface area contributed by atoms with Crippen molar-refractivity contribution >= 4 is 23.9 Å². The van der Waals surface area contributed by atoms with E-state index in [0.717, 1.165) is 6.42 Å². The third-order valence-corrected chi connectivity index (χ3v) is 5.71. The molecule has 0 saturated carbocycles. The number of aliphatic carboxylic acids is 1. The highest BCUT2D eigenvalue weighted by molar-refractivity contribution is 5.77. The summed E-state index contributed by atoms with van der Waals surface area (Å²) in [5.41, 5.74) is 6.48. The minimum atomic E-state index is -1.31. The Morgan fingerprint density at radius 3 is 2.00 bits per heavy atom. The third kappa shape index (κ3) is 10.1. The Kier molecular flexibility index (Phi) is 13.0. The van der Waals surface area contributed by atoms with Crippen LogP contribution in [0.25, 0.3) is 0 Å². The van der Waals surface area contributed by atoms with Crippen LogP contribution in [0.3, 0.4) is 0 Å². The van der Waals surface area contributed by atoms with Gasteiger partial charge in [-0.1, -0.05) is 47.1 Å². The zero-order chi connectivity index (χ0) is 26.5. The van der Waals surface area contributed by atoms with Crippen LogP contribution < -0.4 is 15.2 Å². The Labute approximate surface area is 207 Å². The van der Waals surface area contributed by atoms with Gasteiger partial charge in [-0.2, -0.15) is 0 Å². The first kappa shape index (κ1) is 30.1. The standard InChI is InChI=1S/C26H39NO8/c1-6-9-21(28)34-19-12-11-18(14-20(19)35-22(29)10-7-2)24(25(27)26(31)32)17(5)15-33-23(30)13-16(4)8-3/h11-12,14,16-17,24-25H,6-10,13,15,27H2,1-5H3,(H,31,32)/t16?,17?,24?,25-/m0/s1. The molecule has 3 N–H and O–H groups in total. The number of carboxylic acid groups (broad SMARTS) is 1. The van der Waals surface area contributed by atoms with E-state index in [-0.39, 0.29) is 49.3 Å². The molecule has 0 fully saturated rings. The molecule has 0 aromatic heterocycles. The Bertz CT molecular complexity index is 869. The summed E-state index contributed by atoms with van der Waals surface area (Å²) in [6.45, 7) is 9.30. The van der Waals surface area contributed by atoms with Crippen LogP contribution in [0.15, 0.2) is 18.2 Å². The van der Waals surface area contributed by atoms with Gasteiger partial charge in [-0.3, -0.25) is 19.2 Å². The van der Waals surface area contributed by atoms with Gasteiger partial charge >= 0.3 is 23.9 Å². The van der Waals surface area contributed by atoms with E-state index >= 15 is 0 Å². The largest absolute Gasteiger partial charge is 0.480 e. The van der Waals surface area contributed by atoms with Gasteiger partial charge in [0.1, 0.15) is 6.04 Å². The molecule has 196 valence electrons.